The highest BCUT2D eigenvalue weighted by Gasteiger charge is 2.53. The first-order valence-electron chi connectivity index (χ1n) is 14.3. The molecule has 226 valence electrons. The van der Waals surface area contributed by atoms with E-state index in [0.717, 1.165) is 21.2 Å². The van der Waals surface area contributed by atoms with Crippen LogP contribution >= 0.6 is 15.9 Å². The zero-order chi connectivity index (χ0) is 30.8. The molecule has 0 spiro atoms. The van der Waals surface area contributed by atoms with E-state index < -0.39 is 11.6 Å². The van der Waals surface area contributed by atoms with Crippen molar-refractivity contribution in [3.8, 4) is 5.75 Å². The monoisotopic (exact) mass is 657 g/mol. The number of ether oxygens (including phenoxy) is 2. The van der Waals surface area contributed by atoms with Crippen LogP contribution in [0, 0.1) is 5.82 Å². The Bertz CT molecular complexity index is 1600. The van der Waals surface area contributed by atoms with Gasteiger partial charge in [-0.3, -0.25) is 10.2 Å². The smallest absolute Gasteiger partial charge is 0.266 e. The molecule has 0 aliphatic carbocycles. The second-order valence-corrected chi connectivity index (χ2v) is 11.1. The predicted octanol–water partition coefficient (Wildman–Crippen LogP) is 6.53. The highest BCUT2D eigenvalue weighted by molar-refractivity contribution is 9.10. The van der Waals surface area contributed by atoms with Crippen LogP contribution in [0.1, 0.15) is 41.2 Å². The number of rotatable bonds is 13. The Morgan fingerprint density at radius 2 is 1.73 bits per heavy atom. The second-order valence-electron chi connectivity index (χ2n) is 10.3. The molecule has 44 heavy (non-hydrogen) atoms. The van der Waals surface area contributed by atoms with E-state index in [4.69, 9.17) is 19.6 Å². The quantitative estimate of drug-likeness (QED) is 0.112. The Balaban J connectivity index is 1.49. The summed E-state index contributed by atoms with van der Waals surface area (Å²) < 4.78 is 26.4. The normalized spacial score (nSPS) is 17.7. The van der Waals surface area contributed by atoms with Gasteiger partial charge in [-0.2, -0.15) is 0 Å². The Hall–Kier alpha value is -4.31. The summed E-state index contributed by atoms with van der Waals surface area (Å²) >= 11 is 3.66. The van der Waals surface area contributed by atoms with E-state index in [0.29, 0.717) is 30.2 Å². The Morgan fingerprint density at radius 3 is 2.45 bits per heavy atom. The van der Waals surface area contributed by atoms with Gasteiger partial charge in [-0.1, -0.05) is 88.7 Å². The maximum atomic E-state index is 14.2. The molecule has 0 aromatic heterocycles. The van der Waals surface area contributed by atoms with Gasteiger partial charge in [0.2, 0.25) is 5.90 Å². The first-order valence-corrected chi connectivity index (χ1v) is 15.1. The van der Waals surface area contributed by atoms with E-state index >= 15 is 0 Å². The number of aliphatic hydroxyl groups excluding tert-OH is 1. The molecule has 2 atom stereocenters. The van der Waals surface area contributed by atoms with Gasteiger partial charge in [-0.05, 0) is 53.6 Å². The standard InChI is InChI=1S/C35H33BrFN3O4/c36-31-12-5-4-11-30(31)32-35(21-6-10-25-8-2-1-3-9-25,34(42)40-38-24-26-13-17-28(37)18-14-26)39-33(44-32)27-15-19-29(20-16-27)43-23-7-22-41/h1-6,8-20,32,38,41H,7,21-24H2,(H,40,42)/b10-6+/t32-,35-/m0/s1. The second kappa shape index (κ2) is 14.9. The number of nitrogens with one attached hydrogen (secondary N) is 2. The zero-order valence-electron chi connectivity index (χ0n) is 24.0. The first-order chi connectivity index (χ1) is 21.5. The lowest BCUT2D eigenvalue weighted by atomic mass is 9.84. The molecule has 0 unspecified atom stereocenters. The van der Waals surface area contributed by atoms with E-state index in [1.165, 1.54) is 12.1 Å². The Kier molecular flexibility index (Phi) is 10.6. The van der Waals surface area contributed by atoms with Gasteiger partial charge in [0.05, 0.1) is 6.61 Å². The van der Waals surface area contributed by atoms with Crippen molar-refractivity contribution in [1.29, 1.82) is 0 Å². The zero-order valence-corrected chi connectivity index (χ0v) is 25.5. The molecule has 9 heteroatoms. The highest BCUT2D eigenvalue weighted by atomic mass is 79.9. The van der Waals surface area contributed by atoms with Crippen LogP contribution in [0.4, 0.5) is 4.39 Å². The van der Waals surface area contributed by atoms with Gasteiger partial charge < -0.3 is 14.6 Å². The van der Waals surface area contributed by atoms with Crippen molar-refractivity contribution < 1.29 is 23.8 Å². The fraction of sp³-hybridized carbons (Fsp3) is 0.200. The van der Waals surface area contributed by atoms with Crippen LogP contribution in [-0.2, 0) is 16.1 Å². The van der Waals surface area contributed by atoms with Crippen LogP contribution in [0.3, 0.4) is 0 Å². The molecule has 4 aromatic rings. The number of nitrogens with zero attached hydrogens (tertiary/aromatic N) is 1. The van der Waals surface area contributed by atoms with Gasteiger partial charge in [-0.15, -0.1) is 0 Å². The van der Waals surface area contributed by atoms with Gasteiger partial charge in [0.25, 0.3) is 5.91 Å². The summed E-state index contributed by atoms with van der Waals surface area (Å²) in [7, 11) is 0. The number of amides is 1. The first kappa shape index (κ1) is 31.1. The van der Waals surface area contributed by atoms with Crippen LogP contribution in [-0.4, -0.2) is 35.7 Å². The number of aliphatic imine (C=N–C) groups is 1. The predicted molar refractivity (Wildman–Crippen MR) is 172 cm³/mol. The molecule has 3 N–H and O–H groups in total. The molecular weight excluding hydrogens is 625 g/mol. The fourth-order valence-electron chi connectivity index (χ4n) is 4.86. The van der Waals surface area contributed by atoms with E-state index in [1.807, 2.05) is 91.0 Å². The molecule has 0 saturated heterocycles. The van der Waals surface area contributed by atoms with Gasteiger partial charge in [0.15, 0.2) is 11.6 Å². The van der Waals surface area contributed by atoms with Crippen LogP contribution in [0.25, 0.3) is 6.08 Å². The number of carbonyl (C=O) groups excluding carboxylic acids is 1. The molecule has 7 nitrogen and oxygen atoms in total. The Labute approximate surface area is 264 Å². The Morgan fingerprint density at radius 1 is 1.00 bits per heavy atom. The molecule has 4 aromatic carbocycles. The third kappa shape index (κ3) is 7.60. The largest absolute Gasteiger partial charge is 0.494 e. The van der Waals surface area contributed by atoms with Crippen molar-refractivity contribution in [2.45, 2.75) is 31.0 Å². The van der Waals surface area contributed by atoms with Crippen LogP contribution in [0.15, 0.2) is 119 Å². The van der Waals surface area contributed by atoms with Gasteiger partial charge in [-0.25, -0.2) is 14.8 Å². The molecule has 0 fully saturated rings. The lowest BCUT2D eigenvalue weighted by Gasteiger charge is -2.30. The number of hydrazine groups is 1. The average Bonchev–Trinajstić information content (AvgIpc) is 3.43. The van der Waals surface area contributed by atoms with E-state index in [-0.39, 0.29) is 31.3 Å². The van der Waals surface area contributed by atoms with E-state index in [2.05, 4.69) is 26.8 Å². The third-order valence-corrected chi connectivity index (χ3v) is 7.89. The lowest BCUT2D eigenvalue weighted by Crippen LogP contribution is -2.52. The summed E-state index contributed by atoms with van der Waals surface area (Å²) in [5.74, 6) is 0.280. The summed E-state index contributed by atoms with van der Waals surface area (Å²) in [6.45, 7) is 0.747. The minimum atomic E-state index is -1.38. The molecule has 0 bridgehead atoms. The third-order valence-electron chi connectivity index (χ3n) is 7.16. The van der Waals surface area contributed by atoms with Crippen molar-refractivity contribution in [2.24, 2.45) is 4.99 Å². The van der Waals surface area contributed by atoms with Crippen molar-refractivity contribution in [3.63, 3.8) is 0 Å². The van der Waals surface area contributed by atoms with Gasteiger partial charge in [0.1, 0.15) is 11.6 Å². The number of benzene rings is 4. The summed E-state index contributed by atoms with van der Waals surface area (Å²) in [6.07, 6.45) is 3.91. The minimum Gasteiger partial charge on any atom is -0.494 e. The topological polar surface area (TPSA) is 92.2 Å². The number of carbonyl (C=O) groups is 1. The molecule has 0 saturated carbocycles. The van der Waals surface area contributed by atoms with Crippen LogP contribution in [0.5, 0.6) is 5.75 Å². The fourth-order valence-corrected chi connectivity index (χ4v) is 5.35. The highest BCUT2D eigenvalue weighted by Crippen LogP contribution is 2.45. The molecule has 1 aliphatic heterocycles. The molecule has 1 heterocycles. The SMILES string of the molecule is O=C(NNCc1ccc(F)cc1)[C@@]1(C/C=C/c2ccccc2)N=C(c2ccc(OCCCO)cc2)O[C@H]1c1ccccc1Br. The van der Waals surface area contributed by atoms with Crippen LogP contribution in [0.2, 0.25) is 0 Å². The molecule has 0 radical (unpaired) electrons. The maximum absolute atomic E-state index is 14.2. The number of halogens is 2. The maximum Gasteiger partial charge on any atom is 0.266 e. The van der Waals surface area contributed by atoms with Crippen molar-refractivity contribution in [2.75, 3.05) is 13.2 Å². The molecule has 1 amide bonds. The minimum absolute atomic E-state index is 0.0563. The van der Waals surface area contributed by atoms with Gasteiger partial charge >= 0.3 is 0 Å². The van der Waals surface area contributed by atoms with E-state index in [1.54, 1.807) is 12.1 Å². The van der Waals surface area contributed by atoms with E-state index in [9.17, 15) is 9.18 Å². The molecular formula is C35H33BrFN3O4. The van der Waals surface area contributed by atoms with Crippen molar-refractivity contribution in [1.82, 2.24) is 10.9 Å². The molecule has 1 aliphatic rings. The summed E-state index contributed by atoms with van der Waals surface area (Å²) in [5.41, 5.74) is 7.72. The summed E-state index contributed by atoms with van der Waals surface area (Å²) in [4.78, 5) is 19.2. The summed E-state index contributed by atoms with van der Waals surface area (Å²) in [6, 6.07) is 30.8. The number of hydrogen-bond acceptors (Lipinski definition) is 6. The average molecular weight is 659 g/mol. The molecule has 5 rings (SSSR count). The van der Waals surface area contributed by atoms with Crippen molar-refractivity contribution >= 4 is 33.8 Å². The van der Waals surface area contributed by atoms with Gasteiger partial charge in [0, 0.05) is 41.6 Å². The number of hydrogen-bond donors (Lipinski definition) is 3. The van der Waals surface area contributed by atoms with Crippen LogP contribution < -0.4 is 15.6 Å². The lowest BCUT2D eigenvalue weighted by molar-refractivity contribution is -0.129. The van der Waals surface area contributed by atoms with Crippen molar-refractivity contribution in [3.05, 3.63) is 142 Å². The number of aliphatic hydroxyl groups is 1. The summed E-state index contributed by atoms with van der Waals surface area (Å²) in [5, 5.41) is 9.04.